The van der Waals surface area contributed by atoms with Crippen molar-refractivity contribution in [2.75, 3.05) is 6.54 Å². The van der Waals surface area contributed by atoms with Gasteiger partial charge in [0.15, 0.2) is 0 Å². The smallest absolute Gasteiger partial charge is 0.269 e. The Labute approximate surface area is 93.0 Å². The molecule has 0 spiro atoms. The Morgan fingerprint density at radius 2 is 2.12 bits per heavy atom. The molecule has 0 saturated carbocycles. The Hall–Kier alpha value is -1.94. The third-order valence-corrected chi connectivity index (χ3v) is 2.34. The van der Waals surface area contributed by atoms with Crippen LogP contribution in [0.5, 0.6) is 0 Å². The molecule has 16 heavy (non-hydrogen) atoms. The van der Waals surface area contributed by atoms with Crippen LogP contribution in [0.4, 0.5) is 0 Å². The monoisotopic (exact) mass is 215 g/mol. The van der Waals surface area contributed by atoms with Gasteiger partial charge in [-0.1, -0.05) is 24.3 Å². The molecule has 2 aromatic rings. The number of rotatable bonds is 3. The zero-order valence-corrected chi connectivity index (χ0v) is 8.84. The lowest BCUT2D eigenvalue weighted by molar-refractivity contribution is 0.806. The van der Waals surface area contributed by atoms with Crippen LogP contribution in [0.3, 0.4) is 0 Å². The van der Waals surface area contributed by atoms with Gasteiger partial charge in [0.25, 0.3) is 5.56 Å². The summed E-state index contributed by atoms with van der Waals surface area (Å²) < 4.78 is 1.68. The summed E-state index contributed by atoms with van der Waals surface area (Å²) in [6, 6.07) is 7.57. The molecule has 1 aromatic carbocycles. The highest BCUT2D eigenvalue weighted by molar-refractivity contribution is 5.74. The number of allylic oxidation sites excluding steroid dienone is 1. The normalized spacial score (nSPS) is 11.3. The summed E-state index contributed by atoms with van der Waals surface area (Å²) in [4.78, 5) is 15.8. The second-order valence-electron chi connectivity index (χ2n) is 3.40. The summed E-state index contributed by atoms with van der Waals surface area (Å²) in [5.74, 6) is 0. The lowest BCUT2D eigenvalue weighted by Gasteiger charge is -2.06. The summed E-state index contributed by atoms with van der Waals surface area (Å²) >= 11 is 0. The van der Waals surface area contributed by atoms with Crippen molar-refractivity contribution in [1.82, 2.24) is 9.55 Å². The molecule has 0 atom stereocenters. The average molecular weight is 215 g/mol. The van der Waals surface area contributed by atoms with E-state index >= 15 is 0 Å². The molecule has 2 N–H and O–H groups in total. The largest absolute Gasteiger partial charge is 0.327 e. The third-order valence-electron chi connectivity index (χ3n) is 2.34. The van der Waals surface area contributed by atoms with Gasteiger partial charge in [0.05, 0.1) is 17.2 Å². The molecule has 0 fully saturated rings. The number of hydrogen-bond donors (Lipinski definition) is 1. The van der Waals surface area contributed by atoms with E-state index in [1.54, 1.807) is 4.57 Å². The third kappa shape index (κ3) is 2.01. The van der Waals surface area contributed by atoms with E-state index in [1.165, 1.54) is 6.20 Å². The van der Waals surface area contributed by atoms with E-state index in [-0.39, 0.29) is 5.56 Å². The molecular formula is C12H13N3O. The van der Waals surface area contributed by atoms with Gasteiger partial charge in [-0.05, 0) is 12.1 Å². The van der Waals surface area contributed by atoms with Crippen molar-refractivity contribution in [3.05, 3.63) is 53.0 Å². The minimum atomic E-state index is -0.0969. The molecule has 82 valence electrons. The Kier molecular flexibility index (Phi) is 3.12. The molecule has 1 aromatic heterocycles. The van der Waals surface area contributed by atoms with Gasteiger partial charge in [-0.3, -0.25) is 4.79 Å². The highest BCUT2D eigenvalue weighted by Crippen LogP contribution is 2.07. The Balaban J connectivity index is 2.53. The van der Waals surface area contributed by atoms with Gasteiger partial charge in [-0.25, -0.2) is 4.98 Å². The van der Waals surface area contributed by atoms with Crippen LogP contribution in [-0.2, 0) is 6.54 Å². The van der Waals surface area contributed by atoms with Gasteiger partial charge < -0.3 is 10.3 Å². The van der Waals surface area contributed by atoms with Crippen LogP contribution in [0.1, 0.15) is 0 Å². The van der Waals surface area contributed by atoms with E-state index < -0.39 is 0 Å². The minimum Gasteiger partial charge on any atom is -0.327 e. The predicted octanol–water partition coefficient (Wildman–Crippen LogP) is 0.911. The van der Waals surface area contributed by atoms with Crippen molar-refractivity contribution in [3.63, 3.8) is 0 Å². The molecule has 1 heterocycles. The zero-order chi connectivity index (χ0) is 11.4. The number of aromatic nitrogens is 2. The number of nitrogens with two attached hydrogens (primary N) is 1. The summed E-state index contributed by atoms with van der Waals surface area (Å²) in [6.07, 6.45) is 5.06. The van der Waals surface area contributed by atoms with Crippen LogP contribution in [0.2, 0.25) is 0 Å². The van der Waals surface area contributed by atoms with Gasteiger partial charge in [0.2, 0.25) is 0 Å². The van der Waals surface area contributed by atoms with Crippen molar-refractivity contribution in [1.29, 1.82) is 0 Å². The number of benzene rings is 1. The quantitative estimate of drug-likeness (QED) is 0.774. The standard InChI is InChI=1S/C12H13N3O/c13-7-3-4-8-15-11-6-2-1-5-10(11)14-9-12(15)16/h1-6,9H,7-8,13H2. The Morgan fingerprint density at radius 1 is 1.31 bits per heavy atom. The van der Waals surface area contributed by atoms with Crippen molar-refractivity contribution in [3.8, 4) is 0 Å². The molecule has 2 rings (SSSR count). The lowest BCUT2D eigenvalue weighted by atomic mass is 10.3. The molecule has 0 aliphatic heterocycles. The summed E-state index contributed by atoms with van der Waals surface area (Å²) in [7, 11) is 0. The van der Waals surface area contributed by atoms with Crippen molar-refractivity contribution in [2.45, 2.75) is 6.54 Å². The number of fused-ring (bicyclic) bond motifs is 1. The van der Waals surface area contributed by atoms with Crippen molar-refractivity contribution < 1.29 is 0 Å². The van der Waals surface area contributed by atoms with E-state index in [2.05, 4.69) is 4.98 Å². The maximum Gasteiger partial charge on any atom is 0.269 e. The van der Waals surface area contributed by atoms with E-state index in [4.69, 9.17) is 5.73 Å². The average Bonchev–Trinajstić information content (AvgIpc) is 2.32. The van der Waals surface area contributed by atoms with Crippen LogP contribution >= 0.6 is 0 Å². The van der Waals surface area contributed by atoms with Gasteiger partial charge in [0, 0.05) is 13.1 Å². The lowest BCUT2D eigenvalue weighted by Crippen LogP contribution is -2.19. The van der Waals surface area contributed by atoms with E-state index in [9.17, 15) is 4.79 Å². The minimum absolute atomic E-state index is 0.0969. The first-order chi connectivity index (χ1) is 7.83. The molecule has 4 heteroatoms. The molecule has 0 aliphatic rings. The molecule has 0 aliphatic carbocycles. The fraction of sp³-hybridized carbons (Fsp3) is 0.167. The predicted molar refractivity (Wildman–Crippen MR) is 64.2 cm³/mol. The van der Waals surface area contributed by atoms with Crippen molar-refractivity contribution >= 4 is 11.0 Å². The van der Waals surface area contributed by atoms with Gasteiger partial charge in [0.1, 0.15) is 0 Å². The topological polar surface area (TPSA) is 60.9 Å². The van der Waals surface area contributed by atoms with Gasteiger partial charge >= 0.3 is 0 Å². The van der Waals surface area contributed by atoms with E-state index in [1.807, 2.05) is 36.4 Å². The fourth-order valence-electron chi connectivity index (χ4n) is 1.58. The maximum absolute atomic E-state index is 11.7. The zero-order valence-electron chi connectivity index (χ0n) is 8.84. The fourth-order valence-corrected chi connectivity index (χ4v) is 1.58. The number of nitrogens with zero attached hydrogens (tertiary/aromatic N) is 2. The summed E-state index contributed by atoms with van der Waals surface area (Å²) in [5.41, 5.74) is 6.93. The molecule has 0 saturated heterocycles. The van der Waals surface area contributed by atoms with Gasteiger partial charge in [-0.2, -0.15) is 0 Å². The second-order valence-corrected chi connectivity index (χ2v) is 3.40. The first kappa shape index (κ1) is 10.6. The van der Waals surface area contributed by atoms with Crippen LogP contribution in [0.25, 0.3) is 11.0 Å². The summed E-state index contributed by atoms with van der Waals surface area (Å²) in [6.45, 7) is 1.01. The first-order valence-corrected chi connectivity index (χ1v) is 5.12. The molecule has 4 nitrogen and oxygen atoms in total. The SMILES string of the molecule is NCC=CCn1c(=O)cnc2ccccc21. The van der Waals surface area contributed by atoms with Gasteiger partial charge in [-0.15, -0.1) is 0 Å². The number of hydrogen-bond acceptors (Lipinski definition) is 3. The number of para-hydroxylation sites is 2. The van der Waals surface area contributed by atoms with Crippen LogP contribution in [0, 0.1) is 0 Å². The Morgan fingerprint density at radius 3 is 2.94 bits per heavy atom. The molecule has 0 bridgehead atoms. The molecule has 0 unspecified atom stereocenters. The van der Waals surface area contributed by atoms with E-state index in [0.29, 0.717) is 13.1 Å². The van der Waals surface area contributed by atoms with Crippen LogP contribution in [0.15, 0.2) is 47.4 Å². The second kappa shape index (κ2) is 4.72. The molecular weight excluding hydrogens is 202 g/mol. The molecule has 0 amide bonds. The van der Waals surface area contributed by atoms with E-state index in [0.717, 1.165) is 11.0 Å². The summed E-state index contributed by atoms with van der Waals surface area (Å²) in [5, 5.41) is 0. The Bertz CT molecular complexity index is 572. The molecule has 0 radical (unpaired) electrons. The maximum atomic E-state index is 11.7. The first-order valence-electron chi connectivity index (χ1n) is 5.12. The highest BCUT2D eigenvalue weighted by atomic mass is 16.1. The van der Waals surface area contributed by atoms with Crippen molar-refractivity contribution in [2.24, 2.45) is 5.73 Å². The van der Waals surface area contributed by atoms with Crippen LogP contribution < -0.4 is 11.3 Å². The van der Waals surface area contributed by atoms with Crippen LogP contribution in [-0.4, -0.2) is 16.1 Å². The highest BCUT2D eigenvalue weighted by Gasteiger charge is 2.00.